The molecule has 154 valence electrons. The number of urea groups is 1. The second-order valence-corrected chi connectivity index (χ2v) is 7.27. The summed E-state index contributed by atoms with van der Waals surface area (Å²) in [7, 11) is 1.50. The van der Waals surface area contributed by atoms with Gasteiger partial charge in [0.1, 0.15) is 11.6 Å². The molecule has 1 unspecified atom stereocenters. The Morgan fingerprint density at radius 1 is 1.07 bits per heavy atom. The third-order valence-electron chi connectivity index (χ3n) is 5.16. The van der Waals surface area contributed by atoms with Gasteiger partial charge in [-0.2, -0.15) is 0 Å². The predicted molar refractivity (Wildman–Crippen MR) is 111 cm³/mol. The molecular weight excluding hydrogens is 373 g/mol. The first-order valence-corrected chi connectivity index (χ1v) is 9.75. The van der Waals surface area contributed by atoms with E-state index in [4.69, 9.17) is 4.74 Å². The molecular formula is C22H26FN3O3. The van der Waals surface area contributed by atoms with E-state index in [-0.39, 0.29) is 23.8 Å². The number of ether oxygens (including phenoxy) is 1. The normalized spacial score (nSPS) is 14.9. The molecule has 0 heterocycles. The number of hydrogen-bond donors (Lipinski definition) is 3. The van der Waals surface area contributed by atoms with Crippen LogP contribution in [-0.2, 0) is 4.79 Å². The SMILES string of the molecule is COc1cc(NC(=O)NC(c2ccc(F)cc2)C2CCCC2)ccc1NC(C)=O. The number of rotatable bonds is 6. The Balaban J connectivity index is 1.73. The predicted octanol–water partition coefficient (Wildman–Crippen LogP) is 4.85. The lowest BCUT2D eigenvalue weighted by Gasteiger charge is -2.25. The van der Waals surface area contributed by atoms with Crippen LogP contribution in [0.1, 0.15) is 44.2 Å². The molecule has 0 spiro atoms. The van der Waals surface area contributed by atoms with Crippen molar-refractivity contribution in [2.45, 2.75) is 38.6 Å². The molecule has 2 aromatic rings. The maximum Gasteiger partial charge on any atom is 0.319 e. The van der Waals surface area contributed by atoms with E-state index in [1.54, 1.807) is 30.3 Å². The van der Waals surface area contributed by atoms with Crippen molar-refractivity contribution in [3.05, 3.63) is 53.8 Å². The zero-order valence-electron chi connectivity index (χ0n) is 16.6. The molecule has 3 amide bonds. The minimum Gasteiger partial charge on any atom is -0.494 e. The molecule has 0 saturated heterocycles. The fraction of sp³-hybridized carbons (Fsp3) is 0.364. The van der Waals surface area contributed by atoms with Gasteiger partial charge < -0.3 is 20.7 Å². The first-order chi connectivity index (χ1) is 14.0. The van der Waals surface area contributed by atoms with Crippen LogP contribution in [0.2, 0.25) is 0 Å². The molecule has 1 atom stereocenters. The van der Waals surface area contributed by atoms with Gasteiger partial charge in [-0.05, 0) is 48.6 Å². The van der Waals surface area contributed by atoms with Crippen molar-refractivity contribution in [3.63, 3.8) is 0 Å². The smallest absolute Gasteiger partial charge is 0.319 e. The van der Waals surface area contributed by atoms with Gasteiger partial charge in [-0.15, -0.1) is 0 Å². The molecule has 0 aliphatic heterocycles. The fourth-order valence-corrected chi connectivity index (χ4v) is 3.80. The highest BCUT2D eigenvalue weighted by molar-refractivity contribution is 5.93. The summed E-state index contributed by atoms with van der Waals surface area (Å²) >= 11 is 0. The third-order valence-corrected chi connectivity index (χ3v) is 5.16. The van der Waals surface area contributed by atoms with Crippen molar-refractivity contribution in [1.82, 2.24) is 5.32 Å². The highest BCUT2D eigenvalue weighted by Gasteiger charge is 2.28. The van der Waals surface area contributed by atoms with Gasteiger partial charge in [-0.3, -0.25) is 4.79 Å². The van der Waals surface area contributed by atoms with Crippen molar-refractivity contribution in [1.29, 1.82) is 0 Å². The molecule has 3 rings (SSSR count). The van der Waals surface area contributed by atoms with Crippen LogP contribution < -0.4 is 20.7 Å². The average molecular weight is 399 g/mol. The summed E-state index contributed by atoms with van der Waals surface area (Å²) in [5.74, 6) is 0.266. The van der Waals surface area contributed by atoms with Crippen molar-refractivity contribution < 1.29 is 18.7 Å². The van der Waals surface area contributed by atoms with Crippen LogP contribution in [0.25, 0.3) is 0 Å². The van der Waals surface area contributed by atoms with E-state index in [1.165, 1.54) is 26.2 Å². The molecule has 1 aliphatic carbocycles. The highest BCUT2D eigenvalue weighted by Crippen LogP contribution is 2.36. The highest BCUT2D eigenvalue weighted by atomic mass is 19.1. The van der Waals surface area contributed by atoms with E-state index < -0.39 is 0 Å². The van der Waals surface area contributed by atoms with Crippen molar-refractivity contribution in [2.24, 2.45) is 5.92 Å². The summed E-state index contributed by atoms with van der Waals surface area (Å²) in [6, 6.07) is 10.8. The molecule has 7 heteroatoms. The molecule has 2 aromatic carbocycles. The second-order valence-electron chi connectivity index (χ2n) is 7.27. The quantitative estimate of drug-likeness (QED) is 0.650. The monoisotopic (exact) mass is 399 g/mol. The third kappa shape index (κ3) is 5.47. The summed E-state index contributed by atoms with van der Waals surface area (Å²) in [5, 5.41) is 8.54. The molecule has 1 saturated carbocycles. The zero-order valence-corrected chi connectivity index (χ0v) is 16.6. The first kappa shape index (κ1) is 20.6. The Morgan fingerprint density at radius 2 is 1.76 bits per heavy atom. The average Bonchev–Trinajstić information content (AvgIpc) is 3.22. The van der Waals surface area contributed by atoms with Crippen molar-refractivity contribution in [2.75, 3.05) is 17.7 Å². The van der Waals surface area contributed by atoms with Gasteiger partial charge in [-0.1, -0.05) is 25.0 Å². The number of benzene rings is 2. The van der Waals surface area contributed by atoms with Crippen LogP contribution in [0.15, 0.2) is 42.5 Å². The van der Waals surface area contributed by atoms with Crippen LogP contribution in [-0.4, -0.2) is 19.0 Å². The van der Waals surface area contributed by atoms with E-state index in [0.29, 0.717) is 23.0 Å². The van der Waals surface area contributed by atoms with Gasteiger partial charge in [0.15, 0.2) is 0 Å². The Bertz CT molecular complexity index is 864. The van der Waals surface area contributed by atoms with Gasteiger partial charge in [0.2, 0.25) is 5.91 Å². The zero-order chi connectivity index (χ0) is 20.8. The summed E-state index contributed by atoms with van der Waals surface area (Å²) < 4.78 is 18.6. The number of carbonyl (C=O) groups excluding carboxylic acids is 2. The van der Waals surface area contributed by atoms with Crippen LogP contribution in [0.3, 0.4) is 0 Å². The van der Waals surface area contributed by atoms with Gasteiger partial charge in [0.25, 0.3) is 0 Å². The topological polar surface area (TPSA) is 79.5 Å². The van der Waals surface area contributed by atoms with Gasteiger partial charge in [0.05, 0.1) is 18.8 Å². The minimum atomic E-state index is -0.347. The van der Waals surface area contributed by atoms with Crippen LogP contribution >= 0.6 is 0 Å². The number of hydrogen-bond acceptors (Lipinski definition) is 3. The van der Waals surface area contributed by atoms with Crippen molar-refractivity contribution >= 4 is 23.3 Å². The summed E-state index contributed by atoms with van der Waals surface area (Å²) in [6.07, 6.45) is 4.32. The van der Waals surface area contributed by atoms with E-state index in [2.05, 4.69) is 16.0 Å². The molecule has 0 aromatic heterocycles. The van der Waals surface area contributed by atoms with Gasteiger partial charge >= 0.3 is 6.03 Å². The summed E-state index contributed by atoms with van der Waals surface area (Å²) in [5.41, 5.74) is 1.96. The van der Waals surface area contributed by atoms with Crippen LogP contribution in [0.5, 0.6) is 5.75 Å². The molecule has 1 fully saturated rings. The largest absolute Gasteiger partial charge is 0.494 e. The number of amides is 3. The standard InChI is InChI=1S/C22H26FN3O3/c1-14(27)24-19-12-11-18(13-20(19)29-2)25-22(28)26-21(15-5-3-4-6-15)16-7-9-17(23)10-8-16/h7-13,15,21H,3-6H2,1-2H3,(H,24,27)(H2,25,26,28). The Hall–Kier alpha value is -3.09. The molecule has 1 aliphatic rings. The minimum absolute atomic E-state index is 0.182. The Kier molecular flexibility index (Phi) is 6.69. The first-order valence-electron chi connectivity index (χ1n) is 9.75. The molecule has 6 nitrogen and oxygen atoms in total. The Labute approximate surface area is 169 Å². The lowest BCUT2D eigenvalue weighted by molar-refractivity contribution is -0.114. The number of halogens is 1. The maximum absolute atomic E-state index is 13.3. The number of carbonyl (C=O) groups is 2. The number of methoxy groups -OCH3 is 1. The van der Waals surface area contributed by atoms with Gasteiger partial charge in [-0.25, -0.2) is 9.18 Å². The van der Waals surface area contributed by atoms with E-state index in [9.17, 15) is 14.0 Å². The summed E-state index contributed by atoms with van der Waals surface area (Å²) in [4.78, 5) is 24.0. The lowest BCUT2D eigenvalue weighted by Crippen LogP contribution is -2.36. The Morgan fingerprint density at radius 3 is 2.38 bits per heavy atom. The number of nitrogens with one attached hydrogen (secondary N) is 3. The summed E-state index contributed by atoms with van der Waals surface area (Å²) in [6.45, 7) is 1.41. The fourth-order valence-electron chi connectivity index (χ4n) is 3.80. The number of anilines is 2. The molecule has 3 N–H and O–H groups in total. The lowest BCUT2D eigenvalue weighted by atomic mass is 9.91. The maximum atomic E-state index is 13.3. The van der Waals surface area contributed by atoms with Crippen LogP contribution in [0, 0.1) is 11.7 Å². The molecule has 0 radical (unpaired) electrons. The molecule has 29 heavy (non-hydrogen) atoms. The molecule has 0 bridgehead atoms. The van der Waals surface area contributed by atoms with Crippen molar-refractivity contribution in [3.8, 4) is 5.75 Å². The van der Waals surface area contributed by atoms with Crippen LogP contribution in [0.4, 0.5) is 20.6 Å². The van der Waals surface area contributed by atoms with Gasteiger partial charge in [0, 0.05) is 18.7 Å². The van der Waals surface area contributed by atoms with E-state index >= 15 is 0 Å². The van der Waals surface area contributed by atoms with E-state index in [1.807, 2.05) is 0 Å². The van der Waals surface area contributed by atoms with E-state index in [0.717, 1.165) is 31.2 Å². The second kappa shape index (κ2) is 9.41.